The summed E-state index contributed by atoms with van der Waals surface area (Å²) in [5.41, 5.74) is 3.26. The van der Waals surface area contributed by atoms with E-state index in [1.807, 2.05) is 213 Å². The molecular formula is C48H52O7P2. The molecule has 0 spiro atoms. The normalized spacial score (nSPS) is 12.9. The summed E-state index contributed by atoms with van der Waals surface area (Å²) in [6.07, 6.45) is 0. The number of phosphoric acid groups is 2. The molecular weight excluding hydrogens is 750 g/mol. The van der Waals surface area contributed by atoms with Crippen molar-refractivity contribution in [2.45, 2.75) is 77.0 Å². The predicted octanol–water partition coefficient (Wildman–Crippen LogP) is 12.7. The molecule has 6 rings (SSSR count). The van der Waals surface area contributed by atoms with E-state index in [1.54, 1.807) is 0 Å². The minimum absolute atomic E-state index is 0.139. The predicted molar refractivity (Wildman–Crippen MR) is 229 cm³/mol. The summed E-state index contributed by atoms with van der Waals surface area (Å²) in [6.45, 7) is 16.2. The summed E-state index contributed by atoms with van der Waals surface area (Å²) in [4.78, 5) is 21.0. The summed E-state index contributed by atoms with van der Waals surface area (Å²) < 4.78 is 47.2. The van der Waals surface area contributed by atoms with Gasteiger partial charge in [0.15, 0.2) is 0 Å². The highest BCUT2D eigenvalue weighted by atomic mass is 31.3. The van der Waals surface area contributed by atoms with Crippen LogP contribution in [0.5, 0.6) is 11.5 Å². The Hall–Kier alpha value is -4.74. The lowest BCUT2D eigenvalue weighted by Crippen LogP contribution is -2.26. The molecule has 0 aliphatic heterocycles. The van der Waals surface area contributed by atoms with Gasteiger partial charge in [0.1, 0.15) is 11.5 Å². The number of hydrogen-bond donors (Lipinski definition) is 2. The quantitative estimate of drug-likeness (QED) is 0.106. The van der Waals surface area contributed by atoms with Crippen molar-refractivity contribution >= 4 is 15.6 Å². The molecule has 0 aliphatic carbocycles. The highest BCUT2D eigenvalue weighted by Crippen LogP contribution is 2.64. The standard InChI is InChI=1S/C48H52O7P2/c1-45(2,35-23-13-9-14-24-35)39-31-21-32-40(46(3,4)36-25-15-10-16-26-36)43(39)53-57(52,55-56(49,50)51)54-44-41(47(5,6)37-27-17-11-18-28-37)33-22-34-42(44)48(7,8)38-29-19-12-20-30-38/h9-34H,1-8H3,(H2,49,50,51). The van der Waals surface area contributed by atoms with Gasteiger partial charge in [0.25, 0.3) is 0 Å². The number of hydrogen-bond acceptors (Lipinski definition) is 5. The van der Waals surface area contributed by atoms with Crippen LogP contribution >= 0.6 is 15.6 Å². The summed E-state index contributed by atoms with van der Waals surface area (Å²) >= 11 is 0. The van der Waals surface area contributed by atoms with Crippen LogP contribution in [0.25, 0.3) is 0 Å². The fourth-order valence-electron chi connectivity index (χ4n) is 7.69. The third kappa shape index (κ3) is 8.75. The van der Waals surface area contributed by atoms with Crippen molar-refractivity contribution in [2.24, 2.45) is 0 Å². The first-order chi connectivity index (χ1) is 26.8. The molecule has 57 heavy (non-hydrogen) atoms. The molecule has 9 heteroatoms. The minimum Gasteiger partial charge on any atom is -0.394 e. The first-order valence-electron chi connectivity index (χ1n) is 19.0. The van der Waals surface area contributed by atoms with Gasteiger partial charge in [-0.1, -0.05) is 213 Å². The van der Waals surface area contributed by atoms with Crippen LogP contribution in [0.15, 0.2) is 158 Å². The lowest BCUT2D eigenvalue weighted by Gasteiger charge is -2.36. The Bertz CT molecular complexity index is 2110. The molecule has 6 aromatic carbocycles. The van der Waals surface area contributed by atoms with Crippen molar-refractivity contribution in [3.8, 4) is 11.5 Å². The zero-order chi connectivity index (χ0) is 41.3. The first kappa shape index (κ1) is 41.9. The van der Waals surface area contributed by atoms with Crippen LogP contribution in [0.4, 0.5) is 0 Å². The molecule has 0 saturated carbocycles. The Morgan fingerprint density at radius 2 is 0.596 bits per heavy atom. The molecule has 0 fully saturated rings. The van der Waals surface area contributed by atoms with E-state index in [-0.39, 0.29) is 11.5 Å². The van der Waals surface area contributed by atoms with Gasteiger partial charge < -0.3 is 18.8 Å². The van der Waals surface area contributed by atoms with Gasteiger partial charge in [-0.15, -0.1) is 0 Å². The van der Waals surface area contributed by atoms with Crippen LogP contribution in [-0.2, 0) is 35.1 Å². The first-order valence-corrected chi connectivity index (χ1v) is 22.0. The van der Waals surface area contributed by atoms with Crippen molar-refractivity contribution in [1.29, 1.82) is 0 Å². The third-order valence-electron chi connectivity index (χ3n) is 11.3. The second-order valence-corrected chi connectivity index (χ2v) is 19.4. The van der Waals surface area contributed by atoms with Gasteiger partial charge in [-0.3, -0.25) is 0 Å². The van der Waals surface area contributed by atoms with E-state index in [0.717, 1.165) is 22.3 Å². The van der Waals surface area contributed by atoms with Crippen LogP contribution < -0.4 is 9.05 Å². The van der Waals surface area contributed by atoms with Crippen molar-refractivity contribution in [3.05, 3.63) is 202 Å². The summed E-state index contributed by atoms with van der Waals surface area (Å²) in [7, 11) is -10.8. The average Bonchev–Trinajstić information content (AvgIpc) is 3.18. The van der Waals surface area contributed by atoms with E-state index in [4.69, 9.17) is 13.4 Å². The molecule has 0 aliphatic rings. The Kier molecular flexibility index (Phi) is 11.7. The smallest absolute Gasteiger partial charge is 0.394 e. The molecule has 0 aromatic heterocycles. The van der Waals surface area contributed by atoms with Gasteiger partial charge in [-0.05, 0) is 22.3 Å². The van der Waals surface area contributed by atoms with E-state index in [9.17, 15) is 14.4 Å². The van der Waals surface area contributed by atoms with Crippen molar-refractivity contribution in [1.82, 2.24) is 0 Å². The summed E-state index contributed by atoms with van der Waals surface area (Å²) in [5.74, 6) is 0.279. The largest absolute Gasteiger partial charge is 0.596 e. The molecule has 0 unspecified atom stereocenters. The fourth-order valence-corrected chi connectivity index (χ4v) is 9.87. The number of phosphoric ester groups is 1. The van der Waals surface area contributed by atoms with Crippen LogP contribution in [-0.4, -0.2) is 9.79 Å². The topological polar surface area (TPSA) is 102 Å². The Morgan fingerprint density at radius 1 is 0.368 bits per heavy atom. The van der Waals surface area contributed by atoms with Gasteiger partial charge >= 0.3 is 15.6 Å². The van der Waals surface area contributed by atoms with Gasteiger partial charge in [0.2, 0.25) is 0 Å². The maximum atomic E-state index is 15.7. The monoisotopic (exact) mass is 802 g/mol. The molecule has 296 valence electrons. The average molecular weight is 803 g/mol. The van der Waals surface area contributed by atoms with Crippen molar-refractivity contribution < 1.29 is 32.3 Å². The van der Waals surface area contributed by atoms with E-state index < -0.39 is 37.3 Å². The Labute approximate surface area is 337 Å². The lowest BCUT2D eigenvalue weighted by atomic mass is 9.72. The van der Waals surface area contributed by atoms with Crippen LogP contribution in [0.3, 0.4) is 0 Å². The number of para-hydroxylation sites is 2. The minimum atomic E-state index is -5.53. The summed E-state index contributed by atoms with van der Waals surface area (Å²) in [5, 5.41) is 0. The second kappa shape index (κ2) is 15.9. The molecule has 7 nitrogen and oxygen atoms in total. The maximum absolute atomic E-state index is 15.7. The van der Waals surface area contributed by atoms with Gasteiger partial charge in [-0.2, -0.15) is 4.31 Å². The second-order valence-electron chi connectivity index (χ2n) is 16.5. The molecule has 0 heterocycles. The van der Waals surface area contributed by atoms with Crippen molar-refractivity contribution in [3.63, 3.8) is 0 Å². The molecule has 2 N–H and O–H groups in total. The fraction of sp³-hybridized carbons (Fsp3) is 0.250. The lowest BCUT2D eigenvalue weighted by molar-refractivity contribution is 0.230. The van der Waals surface area contributed by atoms with Gasteiger partial charge in [-0.25, -0.2) is 9.13 Å². The number of benzene rings is 6. The van der Waals surface area contributed by atoms with E-state index in [2.05, 4.69) is 0 Å². The SMILES string of the molecule is CC(C)(c1ccccc1)c1cccc(C(C)(C)c2ccccc2)c1OP(=O)(Oc1c(C(C)(C)c2ccccc2)cccc1C(C)(C)c1ccccc1)OP(=O)(O)O. The zero-order valence-corrected chi connectivity index (χ0v) is 35.6. The zero-order valence-electron chi connectivity index (χ0n) is 33.8. The van der Waals surface area contributed by atoms with Gasteiger partial charge in [0, 0.05) is 43.9 Å². The van der Waals surface area contributed by atoms with Crippen molar-refractivity contribution in [2.75, 3.05) is 0 Å². The van der Waals surface area contributed by atoms with Crippen LogP contribution in [0, 0.1) is 0 Å². The van der Waals surface area contributed by atoms with Crippen LogP contribution in [0.2, 0.25) is 0 Å². The van der Waals surface area contributed by atoms with Crippen LogP contribution in [0.1, 0.15) is 99.9 Å². The Balaban J connectivity index is 1.64. The third-order valence-corrected chi connectivity index (χ3v) is 13.8. The highest BCUT2D eigenvalue weighted by Gasteiger charge is 2.46. The maximum Gasteiger partial charge on any atom is 0.596 e. The van der Waals surface area contributed by atoms with E-state index >= 15 is 4.57 Å². The van der Waals surface area contributed by atoms with Gasteiger partial charge in [0.05, 0.1) is 0 Å². The molecule has 0 bridgehead atoms. The molecule has 0 saturated heterocycles. The Morgan fingerprint density at radius 3 is 0.807 bits per heavy atom. The highest BCUT2D eigenvalue weighted by molar-refractivity contribution is 7.61. The molecule has 0 radical (unpaired) electrons. The van der Waals surface area contributed by atoms with E-state index in [1.165, 1.54) is 0 Å². The summed E-state index contributed by atoms with van der Waals surface area (Å²) in [6, 6.07) is 50.7. The number of rotatable bonds is 14. The van der Waals surface area contributed by atoms with E-state index in [0.29, 0.717) is 22.3 Å². The molecule has 0 amide bonds. The molecule has 6 aromatic rings. The molecule has 0 atom stereocenters.